The molecule has 6 nitrogen and oxygen atoms in total. The van der Waals surface area contributed by atoms with E-state index in [1.807, 2.05) is 39.1 Å². The number of benzene rings is 1. The molecule has 1 aromatic carbocycles. The van der Waals surface area contributed by atoms with Crippen LogP contribution in [0.2, 0.25) is 0 Å². The predicted octanol–water partition coefficient (Wildman–Crippen LogP) is 2.56. The molecule has 126 valence electrons. The van der Waals surface area contributed by atoms with Gasteiger partial charge in [-0.1, -0.05) is 11.2 Å². The van der Waals surface area contributed by atoms with Crippen LogP contribution in [0.15, 0.2) is 22.7 Å². The zero-order valence-electron chi connectivity index (χ0n) is 14.6. The van der Waals surface area contributed by atoms with Gasteiger partial charge >= 0.3 is 0 Å². The first-order valence-corrected chi connectivity index (χ1v) is 7.65. The normalized spacial score (nSPS) is 13.0. The summed E-state index contributed by atoms with van der Waals surface area (Å²) < 4.78 is 16.2. The highest BCUT2D eigenvalue weighted by Gasteiger charge is 2.31. The molecule has 0 aliphatic carbocycles. The molecule has 0 spiro atoms. The Bertz CT molecular complexity index is 652. The summed E-state index contributed by atoms with van der Waals surface area (Å²) in [6.07, 6.45) is 0.724. The lowest BCUT2D eigenvalue weighted by Crippen LogP contribution is -2.24. The summed E-state index contributed by atoms with van der Waals surface area (Å²) in [5, 5.41) is 7.26. The quantitative estimate of drug-likeness (QED) is 0.846. The number of methoxy groups -OCH3 is 2. The van der Waals surface area contributed by atoms with E-state index >= 15 is 0 Å². The monoisotopic (exact) mass is 319 g/mol. The van der Waals surface area contributed by atoms with Crippen molar-refractivity contribution in [1.29, 1.82) is 0 Å². The van der Waals surface area contributed by atoms with Gasteiger partial charge in [-0.2, -0.15) is 4.98 Å². The number of nitrogens with zero attached hydrogens (tertiary/aromatic N) is 2. The van der Waals surface area contributed by atoms with E-state index in [1.54, 1.807) is 14.2 Å². The van der Waals surface area contributed by atoms with Crippen LogP contribution in [0.3, 0.4) is 0 Å². The summed E-state index contributed by atoms with van der Waals surface area (Å²) in [4.78, 5) is 4.55. The SMILES string of the molecule is CNC(C)Cc1noc(C(C)(C)c2ccc(OC)c(OC)c2)n1. The molecule has 0 bridgehead atoms. The van der Waals surface area contributed by atoms with E-state index in [2.05, 4.69) is 22.4 Å². The van der Waals surface area contributed by atoms with E-state index in [0.29, 0.717) is 29.3 Å². The fraction of sp³-hybridized carbons (Fsp3) is 0.529. The number of aromatic nitrogens is 2. The Balaban J connectivity index is 2.30. The fourth-order valence-electron chi connectivity index (χ4n) is 2.32. The molecule has 23 heavy (non-hydrogen) atoms. The third-order valence-corrected chi connectivity index (χ3v) is 4.09. The highest BCUT2D eigenvalue weighted by molar-refractivity contribution is 5.46. The maximum Gasteiger partial charge on any atom is 0.236 e. The molecule has 0 aliphatic rings. The van der Waals surface area contributed by atoms with Crippen LogP contribution in [0.1, 0.15) is 38.0 Å². The Kier molecular flexibility index (Phi) is 5.26. The largest absolute Gasteiger partial charge is 0.493 e. The van der Waals surface area contributed by atoms with Crippen molar-refractivity contribution < 1.29 is 14.0 Å². The minimum Gasteiger partial charge on any atom is -0.493 e. The maximum absolute atomic E-state index is 5.50. The summed E-state index contributed by atoms with van der Waals surface area (Å²) in [5.74, 6) is 2.67. The van der Waals surface area contributed by atoms with Gasteiger partial charge in [-0.05, 0) is 45.5 Å². The van der Waals surface area contributed by atoms with Crippen molar-refractivity contribution in [3.63, 3.8) is 0 Å². The number of hydrogen-bond donors (Lipinski definition) is 1. The van der Waals surface area contributed by atoms with E-state index in [9.17, 15) is 0 Å². The molecule has 0 aliphatic heterocycles. The molecule has 0 fully saturated rings. The fourth-order valence-corrected chi connectivity index (χ4v) is 2.32. The average Bonchev–Trinajstić information content (AvgIpc) is 3.03. The van der Waals surface area contributed by atoms with Crippen molar-refractivity contribution in [2.45, 2.75) is 38.6 Å². The predicted molar refractivity (Wildman–Crippen MR) is 88.2 cm³/mol. The zero-order chi connectivity index (χ0) is 17.0. The summed E-state index contributed by atoms with van der Waals surface area (Å²) in [7, 11) is 5.16. The Labute approximate surface area is 137 Å². The smallest absolute Gasteiger partial charge is 0.236 e. The van der Waals surface area contributed by atoms with Crippen molar-refractivity contribution in [3.05, 3.63) is 35.5 Å². The van der Waals surface area contributed by atoms with Crippen LogP contribution in [-0.2, 0) is 11.8 Å². The van der Waals surface area contributed by atoms with E-state index in [4.69, 9.17) is 14.0 Å². The van der Waals surface area contributed by atoms with Gasteiger partial charge in [0.05, 0.1) is 19.6 Å². The molecule has 2 rings (SSSR count). The van der Waals surface area contributed by atoms with Crippen LogP contribution in [0, 0.1) is 0 Å². The van der Waals surface area contributed by atoms with Crippen molar-refractivity contribution >= 4 is 0 Å². The van der Waals surface area contributed by atoms with Gasteiger partial charge in [-0.25, -0.2) is 0 Å². The van der Waals surface area contributed by atoms with Crippen molar-refractivity contribution in [2.24, 2.45) is 0 Å². The molecule has 1 N–H and O–H groups in total. The second-order valence-corrected chi connectivity index (χ2v) is 6.10. The number of ether oxygens (including phenoxy) is 2. The van der Waals surface area contributed by atoms with Crippen LogP contribution in [0.4, 0.5) is 0 Å². The van der Waals surface area contributed by atoms with E-state index in [0.717, 1.165) is 12.0 Å². The minimum atomic E-state index is -0.423. The van der Waals surface area contributed by atoms with Crippen LogP contribution >= 0.6 is 0 Å². The van der Waals surface area contributed by atoms with Crippen molar-refractivity contribution in [2.75, 3.05) is 21.3 Å². The molecule has 2 aromatic rings. The van der Waals surface area contributed by atoms with Crippen LogP contribution in [0.25, 0.3) is 0 Å². The minimum absolute atomic E-state index is 0.296. The first kappa shape index (κ1) is 17.3. The summed E-state index contributed by atoms with van der Waals surface area (Å²) in [5.41, 5.74) is 0.597. The second-order valence-electron chi connectivity index (χ2n) is 6.10. The second kappa shape index (κ2) is 7.00. The van der Waals surface area contributed by atoms with Gasteiger partial charge in [0.25, 0.3) is 0 Å². The maximum atomic E-state index is 5.50. The lowest BCUT2D eigenvalue weighted by Gasteiger charge is -2.21. The lowest BCUT2D eigenvalue weighted by molar-refractivity contribution is 0.326. The van der Waals surface area contributed by atoms with Gasteiger partial charge in [0.15, 0.2) is 17.3 Å². The molecule has 1 aromatic heterocycles. The van der Waals surface area contributed by atoms with Gasteiger partial charge in [0.2, 0.25) is 5.89 Å². The molecule has 0 saturated heterocycles. The summed E-state index contributed by atoms with van der Waals surface area (Å²) in [6.45, 7) is 6.18. The van der Waals surface area contributed by atoms with Gasteiger partial charge < -0.3 is 19.3 Å². The Hall–Kier alpha value is -2.08. The van der Waals surface area contributed by atoms with E-state index in [-0.39, 0.29) is 0 Å². The van der Waals surface area contributed by atoms with Gasteiger partial charge in [-0.15, -0.1) is 0 Å². The standard InChI is InChI=1S/C17H25N3O3/c1-11(18-4)9-15-19-16(23-20-15)17(2,3)12-7-8-13(21-5)14(10-12)22-6/h7-8,10-11,18H,9H2,1-6H3. The summed E-state index contributed by atoms with van der Waals surface area (Å²) in [6, 6.07) is 6.11. The number of likely N-dealkylation sites (N-methyl/N-ethyl adjacent to an activating group) is 1. The third kappa shape index (κ3) is 3.64. The Morgan fingerprint density at radius 3 is 2.52 bits per heavy atom. The number of hydrogen-bond acceptors (Lipinski definition) is 6. The zero-order valence-corrected chi connectivity index (χ0v) is 14.6. The number of rotatable bonds is 7. The van der Waals surface area contributed by atoms with Crippen molar-refractivity contribution in [1.82, 2.24) is 15.5 Å². The summed E-state index contributed by atoms with van der Waals surface area (Å²) >= 11 is 0. The highest BCUT2D eigenvalue weighted by Crippen LogP contribution is 2.36. The Morgan fingerprint density at radius 2 is 1.91 bits per heavy atom. The molecule has 1 heterocycles. The Morgan fingerprint density at radius 1 is 1.22 bits per heavy atom. The first-order chi connectivity index (χ1) is 10.9. The van der Waals surface area contributed by atoms with E-state index < -0.39 is 5.41 Å². The molecular weight excluding hydrogens is 294 g/mol. The lowest BCUT2D eigenvalue weighted by atomic mass is 9.84. The molecule has 1 atom stereocenters. The number of nitrogens with one attached hydrogen (secondary N) is 1. The van der Waals surface area contributed by atoms with Crippen molar-refractivity contribution in [3.8, 4) is 11.5 Å². The molecule has 0 amide bonds. The van der Waals surface area contributed by atoms with E-state index in [1.165, 1.54) is 0 Å². The molecule has 1 unspecified atom stereocenters. The molecule has 6 heteroatoms. The third-order valence-electron chi connectivity index (χ3n) is 4.09. The molecular formula is C17H25N3O3. The van der Waals surface area contributed by atoms with Gasteiger partial charge in [-0.3, -0.25) is 0 Å². The molecule has 0 saturated carbocycles. The first-order valence-electron chi connectivity index (χ1n) is 7.65. The van der Waals surface area contributed by atoms with Gasteiger partial charge in [0.1, 0.15) is 0 Å². The van der Waals surface area contributed by atoms with Crippen LogP contribution in [-0.4, -0.2) is 37.4 Å². The average molecular weight is 319 g/mol. The van der Waals surface area contributed by atoms with Gasteiger partial charge in [0, 0.05) is 12.5 Å². The topological polar surface area (TPSA) is 69.4 Å². The molecule has 0 radical (unpaired) electrons. The van der Waals surface area contributed by atoms with Crippen LogP contribution < -0.4 is 14.8 Å². The van der Waals surface area contributed by atoms with Crippen LogP contribution in [0.5, 0.6) is 11.5 Å². The highest BCUT2D eigenvalue weighted by atomic mass is 16.5.